The minimum atomic E-state index is -0.211. The summed E-state index contributed by atoms with van der Waals surface area (Å²) in [6, 6.07) is 9.33. The van der Waals surface area contributed by atoms with Crippen molar-refractivity contribution in [1.29, 1.82) is 0 Å². The molecule has 5 nitrogen and oxygen atoms in total. The molecule has 40 heavy (non-hydrogen) atoms. The first-order valence-electron chi connectivity index (χ1n) is 16.6. The Hall–Kier alpha value is -1.43. The molecule has 5 aliphatic rings. The number of ether oxygens (including phenoxy) is 2. The van der Waals surface area contributed by atoms with Crippen molar-refractivity contribution in [3.63, 3.8) is 0 Å². The van der Waals surface area contributed by atoms with Gasteiger partial charge in [0.15, 0.2) is 0 Å². The molecule has 0 bridgehead atoms. The van der Waals surface area contributed by atoms with E-state index in [0.717, 1.165) is 56.6 Å². The van der Waals surface area contributed by atoms with E-state index < -0.39 is 0 Å². The van der Waals surface area contributed by atoms with E-state index in [9.17, 15) is 9.90 Å². The molecular weight excluding hydrogens is 498 g/mol. The topological polar surface area (TPSA) is 67.8 Å². The lowest BCUT2D eigenvalue weighted by Gasteiger charge is -2.60. The fourth-order valence-corrected chi connectivity index (χ4v) is 10.4. The monoisotopic (exact) mass is 551 g/mol. The predicted molar refractivity (Wildman–Crippen MR) is 158 cm³/mol. The van der Waals surface area contributed by atoms with Crippen LogP contribution in [0.15, 0.2) is 24.3 Å². The number of ketones is 1. The van der Waals surface area contributed by atoms with Crippen LogP contribution in [0.25, 0.3) is 0 Å². The van der Waals surface area contributed by atoms with E-state index in [4.69, 9.17) is 9.47 Å². The number of benzene rings is 1. The summed E-state index contributed by atoms with van der Waals surface area (Å²) >= 11 is 0. The third-order valence-corrected chi connectivity index (χ3v) is 12.6. The van der Waals surface area contributed by atoms with E-state index in [0.29, 0.717) is 48.2 Å². The number of Topliss-reactive ketones (excluding diaryl/α,β-unsaturated/α-hetero) is 1. The van der Waals surface area contributed by atoms with Crippen LogP contribution in [0.2, 0.25) is 0 Å². The van der Waals surface area contributed by atoms with Crippen molar-refractivity contribution in [2.75, 3.05) is 20.3 Å². The molecule has 0 saturated heterocycles. The number of fused-ring (bicyclic) bond motifs is 5. The van der Waals surface area contributed by atoms with Crippen LogP contribution in [0.1, 0.15) is 115 Å². The summed E-state index contributed by atoms with van der Waals surface area (Å²) in [5.41, 5.74) is 1.55. The van der Waals surface area contributed by atoms with Crippen molar-refractivity contribution in [2.45, 2.75) is 121 Å². The average molecular weight is 552 g/mol. The van der Waals surface area contributed by atoms with E-state index in [-0.39, 0.29) is 17.6 Å². The summed E-state index contributed by atoms with van der Waals surface area (Å²) in [4.78, 5) is 12.3. The number of aliphatic hydroxyl groups is 1. The molecule has 0 aromatic heterocycles. The Kier molecular flexibility index (Phi) is 8.64. The third-order valence-electron chi connectivity index (χ3n) is 12.6. The van der Waals surface area contributed by atoms with E-state index in [1.165, 1.54) is 56.9 Å². The molecule has 222 valence electrons. The number of nitrogens with one attached hydrogen (secondary N) is 1. The van der Waals surface area contributed by atoms with Crippen molar-refractivity contribution in [3.8, 4) is 5.75 Å². The molecule has 0 spiro atoms. The SMILES string of the molecule is COCC(NC1CCCCC1)c1cccc(OCC[C@]23CCC4C(CCC5CC(=O)CC[C@@]54C)C2CCC3O)c1. The molecule has 5 fully saturated rings. The lowest BCUT2D eigenvalue weighted by atomic mass is 9.44. The minimum Gasteiger partial charge on any atom is -0.494 e. The minimum absolute atomic E-state index is 0.00637. The van der Waals surface area contributed by atoms with E-state index >= 15 is 0 Å². The molecule has 5 heteroatoms. The van der Waals surface area contributed by atoms with Gasteiger partial charge in [0.25, 0.3) is 0 Å². The van der Waals surface area contributed by atoms with Crippen LogP contribution in [0.3, 0.4) is 0 Å². The van der Waals surface area contributed by atoms with Crippen LogP contribution in [0, 0.1) is 34.5 Å². The Bertz CT molecular complexity index is 1020. The maximum atomic E-state index is 12.3. The Morgan fingerprint density at radius 3 is 2.70 bits per heavy atom. The first kappa shape index (κ1) is 28.7. The highest BCUT2D eigenvalue weighted by Crippen LogP contribution is 2.66. The highest BCUT2D eigenvalue weighted by molar-refractivity contribution is 5.79. The Balaban J connectivity index is 1.11. The van der Waals surface area contributed by atoms with Crippen LogP contribution >= 0.6 is 0 Å². The molecule has 6 unspecified atom stereocenters. The van der Waals surface area contributed by atoms with Crippen LogP contribution in [-0.4, -0.2) is 43.4 Å². The lowest BCUT2D eigenvalue weighted by Crippen LogP contribution is -2.55. The van der Waals surface area contributed by atoms with Crippen molar-refractivity contribution in [2.24, 2.45) is 34.5 Å². The molecule has 0 aliphatic heterocycles. The summed E-state index contributed by atoms with van der Waals surface area (Å²) in [6.07, 6.45) is 16.8. The van der Waals surface area contributed by atoms with E-state index in [1.807, 2.05) is 0 Å². The second-order valence-electron chi connectivity index (χ2n) is 14.4. The van der Waals surface area contributed by atoms with Gasteiger partial charge in [-0.25, -0.2) is 0 Å². The summed E-state index contributed by atoms with van der Waals surface area (Å²) in [5, 5.41) is 15.3. The first-order valence-corrected chi connectivity index (χ1v) is 16.6. The quantitative estimate of drug-likeness (QED) is 0.345. The summed E-state index contributed by atoms with van der Waals surface area (Å²) in [6.45, 7) is 3.83. The highest BCUT2D eigenvalue weighted by Gasteiger charge is 2.61. The standard InChI is InChI=1S/C35H53NO4/c1-34-17-15-27(37)22-25(34)11-12-29-30(34)16-18-35(31(29)13-14-33(35)38)19-20-40-28-10-6-7-24(21-28)32(23-39-2)36-26-8-4-3-5-9-26/h6-7,10,21,25-26,29-33,36,38H,3-5,8-9,11-20,22-23H2,1-2H3/t25?,29?,30?,31?,32?,33?,34-,35+/m0/s1. The fourth-order valence-electron chi connectivity index (χ4n) is 10.4. The van der Waals surface area contributed by atoms with Crippen molar-refractivity contribution < 1.29 is 19.4 Å². The number of hydrogen-bond acceptors (Lipinski definition) is 5. The Labute approximate surface area is 242 Å². The maximum Gasteiger partial charge on any atom is 0.133 e. The van der Waals surface area contributed by atoms with Crippen LogP contribution in [0.4, 0.5) is 0 Å². The van der Waals surface area contributed by atoms with Crippen molar-refractivity contribution in [1.82, 2.24) is 5.32 Å². The number of carbonyl (C=O) groups excluding carboxylic acids is 1. The van der Waals surface area contributed by atoms with Crippen LogP contribution in [0.5, 0.6) is 5.75 Å². The van der Waals surface area contributed by atoms with Gasteiger partial charge in [-0.3, -0.25) is 4.79 Å². The Morgan fingerprint density at radius 2 is 1.88 bits per heavy atom. The summed E-state index contributed by atoms with van der Waals surface area (Å²) in [5.74, 6) is 4.01. The van der Waals surface area contributed by atoms with Gasteiger partial charge >= 0.3 is 0 Å². The van der Waals surface area contributed by atoms with Crippen molar-refractivity contribution in [3.05, 3.63) is 29.8 Å². The molecule has 0 heterocycles. The van der Waals surface area contributed by atoms with Gasteiger partial charge < -0.3 is 19.9 Å². The van der Waals surface area contributed by atoms with Gasteiger partial charge in [-0.1, -0.05) is 38.3 Å². The highest BCUT2D eigenvalue weighted by atomic mass is 16.5. The largest absolute Gasteiger partial charge is 0.494 e. The second kappa shape index (κ2) is 12.1. The second-order valence-corrected chi connectivity index (χ2v) is 14.4. The molecule has 1 aromatic rings. The molecule has 8 atom stereocenters. The van der Waals surface area contributed by atoms with Crippen LogP contribution < -0.4 is 10.1 Å². The van der Waals surface area contributed by atoms with Gasteiger partial charge in [-0.05, 0) is 111 Å². The molecule has 5 aliphatic carbocycles. The zero-order valence-electron chi connectivity index (χ0n) is 25.0. The van der Waals surface area contributed by atoms with Crippen molar-refractivity contribution >= 4 is 5.78 Å². The predicted octanol–water partition coefficient (Wildman–Crippen LogP) is 7.02. The smallest absolute Gasteiger partial charge is 0.133 e. The van der Waals surface area contributed by atoms with Gasteiger partial charge in [-0.15, -0.1) is 0 Å². The number of carbonyl (C=O) groups is 1. The molecule has 2 N–H and O–H groups in total. The molecule has 5 saturated carbocycles. The van der Waals surface area contributed by atoms with Gasteiger partial charge in [-0.2, -0.15) is 0 Å². The van der Waals surface area contributed by atoms with Gasteiger partial charge in [0, 0.05) is 31.4 Å². The average Bonchev–Trinajstić information content (AvgIpc) is 3.30. The van der Waals surface area contributed by atoms with Crippen LogP contribution in [-0.2, 0) is 9.53 Å². The summed E-state index contributed by atoms with van der Waals surface area (Å²) < 4.78 is 12.1. The molecule has 0 radical (unpaired) electrons. The number of rotatable bonds is 9. The molecular formula is C35H53NO4. The summed E-state index contributed by atoms with van der Waals surface area (Å²) in [7, 11) is 1.79. The molecule has 0 amide bonds. The molecule has 1 aromatic carbocycles. The van der Waals surface area contributed by atoms with Gasteiger partial charge in [0.05, 0.1) is 25.4 Å². The third kappa shape index (κ3) is 5.40. The Morgan fingerprint density at radius 1 is 1.02 bits per heavy atom. The zero-order valence-corrected chi connectivity index (χ0v) is 25.0. The van der Waals surface area contributed by atoms with E-state index in [2.05, 4.69) is 36.5 Å². The molecule has 6 rings (SSSR count). The number of aliphatic hydroxyl groups excluding tert-OH is 1. The number of hydrogen-bond donors (Lipinski definition) is 2. The van der Waals surface area contributed by atoms with E-state index in [1.54, 1.807) is 7.11 Å². The number of methoxy groups -OCH3 is 1. The fraction of sp³-hybridized carbons (Fsp3) is 0.800. The zero-order chi connectivity index (χ0) is 27.7. The lowest BCUT2D eigenvalue weighted by molar-refractivity contribution is -0.145. The van der Waals surface area contributed by atoms with Gasteiger partial charge in [0.2, 0.25) is 0 Å². The maximum absolute atomic E-state index is 12.3. The first-order chi connectivity index (χ1) is 19.4. The normalized spacial score (nSPS) is 38.8. The van der Waals surface area contributed by atoms with Gasteiger partial charge in [0.1, 0.15) is 11.5 Å².